The zero-order valence-electron chi connectivity index (χ0n) is 11.5. The summed E-state index contributed by atoms with van der Waals surface area (Å²) >= 11 is 3.40. The van der Waals surface area contributed by atoms with Crippen LogP contribution in [0, 0.1) is 11.3 Å². The Balaban J connectivity index is 2.38. The number of carbonyl (C=O) groups excluding carboxylic acids is 1. The number of nitriles is 1. The van der Waals surface area contributed by atoms with Crippen molar-refractivity contribution < 1.29 is 9.53 Å². The van der Waals surface area contributed by atoms with Crippen LogP contribution in [0.3, 0.4) is 0 Å². The molecule has 0 atom stereocenters. The molecule has 0 fully saturated rings. The molecule has 1 aromatic carbocycles. The van der Waals surface area contributed by atoms with Crippen molar-refractivity contribution in [1.82, 2.24) is 9.88 Å². The van der Waals surface area contributed by atoms with E-state index in [4.69, 9.17) is 4.74 Å². The van der Waals surface area contributed by atoms with Gasteiger partial charge in [-0.1, -0.05) is 22.0 Å². The van der Waals surface area contributed by atoms with Crippen LogP contribution < -0.4 is 5.32 Å². The Bertz CT molecular complexity index is 688. The van der Waals surface area contributed by atoms with Gasteiger partial charge in [0.05, 0.1) is 12.2 Å². The molecule has 1 N–H and O–H groups in total. The van der Waals surface area contributed by atoms with Crippen molar-refractivity contribution >= 4 is 21.8 Å². The normalized spacial score (nSPS) is 10.1. The molecule has 0 bridgehead atoms. The van der Waals surface area contributed by atoms with Gasteiger partial charge in [-0.15, -0.1) is 0 Å². The van der Waals surface area contributed by atoms with Crippen molar-refractivity contribution in [2.75, 3.05) is 20.3 Å². The minimum absolute atomic E-state index is 0.298. The van der Waals surface area contributed by atoms with Crippen molar-refractivity contribution in [2.45, 2.75) is 0 Å². The first-order valence-electron chi connectivity index (χ1n) is 6.32. The van der Waals surface area contributed by atoms with E-state index in [0.717, 1.165) is 10.2 Å². The molecule has 0 aliphatic carbocycles. The minimum Gasteiger partial charge on any atom is -0.383 e. The molecular weight excluding hydrogens is 334 g/mol. The van der Waals surface area contributed by atoms with Gasteiger partial charge in [-0.3, -0.25) is 4.79 Å². The number of halogens is 1. The fourth-order valence-electron chi connectivity index (χ4n) is 1.95. The molecule has 1 heterocycles. The summed E-state index contributed by atoms with van der Waals surface area (Å²) in [5.41, 5.74) is 1.47. The van der Waals surface area contributed by atoms with Gasteiger partial charge in [0, 0.05) is 30.0 Å². The number of hydrogen-bond donors (Lipinski definition) is 1. The molecule has 0 saturated carbocycles. The summed E-state index contributed by atoms with van der Waals surface area (Å²) in [6.07, 6.45) is 1.71. The van der Waals surface area contributed by atoms with E-state index in [1.54, 1.807) is 23.9 Å². The quantitative estimate of drug-likeness (QED) is 0.845. The Labute approximate surface area is 131 Å². The first kappa shape index (κ1) is 15.3. The molecule has 6 heteroatoms. The number of amides is 1. The summed E-state index contributed by atoms with van der Waals surface area (Å²) in [4.78, 5) is 12.3. The Morgan fingerprint density at radius 3 is 2.95 bits per heavy atom. The number of hydrogen-bond acceptors (Lipinski definition) is 3. The molecule has 0 saturated heterocycles. The minimum atomic E-state index is -0.298. The van der Waals surface area contributed by atoms with E-state index in [1.807, 2.05) is 30.3 Å². The highest BCUT2D eigenvalue weighted by molar-refractivity contribution is 9.10. The van der Waals surface area contributed by atoms with Gasteiger partial charge >= 0.3 is 0 Å². The molecule has 1 amide bonds. The van der Waals surface area contributed by atoms with Gasteiger partial charge in [0.25, 0.3) is 5.91 Å². The lowest BCUT2D eigenvalue weighted by atomic mass is 10.2. The van der Waals surface area contributed by atoms with E-state index in [-0.39, 0.29) is 5.91 Å². The van der Waals surface area contributed by atoms with Crippen LogP contribution in [-0.2, 0) is 4.74 Å². The molecule has 2 aromatic rings. The number of benzene rings is 1. The molecule has 0 spiro atoms. The number of nitrogens with one attached hydrogen (secondary N) is 1. The molecule has 0 aliphatic heterocycles. The van der Waals surface area contributed by atoms with Crippen LogP contribution in [0.5, 0.6) is 0 Å². The molecule has 0 aliphatic rings. The predicted molar refractivity (Wildman–Crippen MR) is 82.4 cm³/mol. The lowest BCUT2D eigenvalue weighted by Gasteiger charge is -2.10. The summed E-state index contributed by atoms with van der Waals surface area (Å²) in [5.74, 6) is -0.298. The Morgan fingerprint density at radius 1 is 1.48 bits per heavy atom. The highest BCUT2D eigenvalue weighted by atomic mass is 79.9. The number of aromatic nitrogens is 1. The van der Waals surface area contributed by atoms with Crippen LogP contribution in [0.1, 0.15) is 16.1 Å². The molecular formula is C15H14BrN3O2. The van der Waals surface area contributed by atoms with E-state index in [0.29, 0.717) is 24.4 Å². The lowest BCUT2D eigenvalue weighted by molar-refractivity contribution is 0.0930. The average molecular weight is 348 g/mol. The van der Waals surface area contributed by atoms with Gasteiger partial charge in [0.2, 0.25) is 0 Å². The number of carbonyl (C=O) groups is 1. The molecule has 5 nitrogen and oxygen atoms in total. The van der Waals surface area contributed by atoms with E-state index >= 15 is 0 Å². The maximum atomic E-state index is 12.3. The van der Waals surface area contributed by atoms with Crippen LogP contribution in [0.4, 0.5) is 0 Å². The van der Waals surface area contributed by atoms with Crippen molar-refractivity contribution in [3.8, 4) is 11.8 Å². The summed E-state index contributed by atoms with van der Waals surface area (Å²) < 4.78 is 7.50. The number of ether oxygens (including phenoxy) is 1. The van der Waals surface area contributed by atoms with Crippen LogP contribution in [-0.4, -0.2) is 30.7 Å². The SMILES string of the molecule is COCCNC(=O)c1c(C#N)ccn1-c1cccc(Br)c1. The van der Waals surface area contributed by atoms with Gasteiger partial charge < -0.3 is 14.6 Å². The van der Waals surface area contributed by atoms with E-state index in [2.05, 4.69) is 21.2 Å². The fourth-order valence-corrected chi connectivity index (χ4v) is 2.33. The summed E-state index contributed by atoms with van der Waals surface area (Å²) in [6.45, 7) is 0.815. The topological polar surface area (TPSA) is 67.0 Å². The van der Waals surface area contributed by atoms with Crippen LogP contribution in [0.15, 0.2) is 41.0 Å². The van der Waals surface area contributed by atoms with Crippen molar-refractivity contribution in [2.24, 2.45) is 0 Å². The van der Waals surface area contributed by atoms with Crippen molar-refractivity contribution in [3.63, 3.8) is 0 Å². The van der Waals surface area contributed by atoms with Crippen LogP contribution in [0.25, 0.3) is 5.69 Å². The number of nitrogens with zero attached hydrogens (tertiary/aromatic N) is 2. The zero-order chi connectivity index (χ0) is 15.2. The van der Waals surface area contributed by atoms with Crippen LogP contribution in [0.2, 0.25) is 0 Å². The summed E-state index contributed by atoms with van der Waals surface area (Å²) in [7, 11) is 1.57. The molecule has 1 aromatic heterocycles. The fraction of sp³-hybridized carbons (Fsp3) is 0.200. The second kappa shape index (κ2) is 7.07. The van der Waals surface area contributed by atoms with Gasteiger partial charge in [-0.25, -0.2) is 0 Å². The van der Waals surface area contributed by atoms with E-state index in [1.165, 1.54) is 0 Å². The van der Waals surface area contributed by atoms with Crippen molar-refractivity contribution in [3.05, 3.63) is 52.3 Å². The monoisotopic (exact) mass is 347 g/mol. The molecule has 2 rings (SSSR count). The second-order valence-corrected chi connectivity index (χ2v) is 5.20. The lowest BCUT2D eigenvalue weighted by Crippen LogP contribution is -2.29. The maximum Gasteiger partial charge on any atom is 0.269 e. The smallest absolute Gasteiger partial charge is 0.269 e. The predicted octanol–water partition coefficient (Wildman–Crippen LogP) is 2.49. The van der Waals surface area contributed by atoms with Gasteiger partial charge in [-0.2, -0.15) is 5.26 Å². The third kappa shape index (κ3) is 3.51. The molecule has 0 radical (unpaired) electrons. The maximum absolute atomic E-state index is 12.3. The highest BCUT2D eigenvalue weighted by Gasteiger charge is 2.17. The third-order valence-corrected chi connectivity index (χ3v) is 3.39. The summed E-state index contributed by atoms with van der Waals surface area (Å²) in [6, 6.07) is 11.2. The summed E-state index contributed by atoms with van der Waals surface area (Å²) in [5, 5.41) is 11.9. The zero-order valence-corrected chi connectivity index (χ0v) is 13.1. The first-order valence-corrected chi connectivity index (χ1v) is 7.11. The van der Waals surface area contributed by atoms with Gasteiger partial charge in [0.1, 0.15) is 11.8 Å². The molecule has 21 heavy (non-hydrogen) atoms. The Hall–Kier alpha value is -2.10. The number of rotatable bonds is 5. The molecule has 108 valence electrons. The second-order valence-electron chi connectivity index (χ2n) is 4.29. The Kier molecular flexibility index (Phi) is 5.14. The van der Waals surface area contributed by atoms with Gasteiger partial charge in [-0.05, 0) is 24.3 Å². The average Bonchev–Trinajstić information content (AvgIpc) is 2.91. The standard InChI is InChI=1S/C15H14BrN3O2/c1-21-8-6-18-15(20)14-11(10-17)5-7-19(14)13-4-2-3-12(16)9-13/h2-5,7,9H,6,8H2,1H3,(H,18,20). The van der Waals surface area contributed by atoms with Gasteiger partial charge in [0.15, 0.2) is 0 Å². The Morgan fingerprint density at radius 2 is 2.29 bits per heavy atom. The highest BCUT2D eigenvalue weighted by Crippen LogP contribution is 2.20. The number of methoxy groups -OCH3 is 1. The van der Waals surface area contributed by atoms with E-state index < -0.39 is 0 Å². The molecule has 0 unspecified atom stereocenters. The third-order valence-electron chi connectivity index (χ3n) is 2.90. The largest absolute Gasteiger partial charge is 0.383 e. The van der Waals surface area contributed by atoms with E-state index in [9.17, 15) is 10.1 Å². The first-order chi connectivity index (χ1) is 10.2. The van der Waals surface area contributed by atoms with Crippen molar-refractivity contribution in [1.29, 1.82) is 5.26 Å². The van der Waals surface area contributed by atoms with Crippen LogP contribution >= 0.6 is 15.9 Å².